The van der Waals surface area contributed by atoms with E-state index in [-0.39, 0.29) is 0 Å². The highest BCUT2D eigenvalue weighted by Crippen LogP contribution is 1.94. The number of aliphatic hydroxyl groups excluding tert-OH is 1. The van der Waals surface area contributed by atoms with Crippen molar-refractivity contribution in [3.05, 3.63) is 42.2 Å². The van der Waals surface area contributed by atoms with Gasteiger partial charge in [-0.2, -0.15) is 5.10 Å². The largest absolute Gasteiger partial charge is 0.390 e. The number of hydrogen-bond donors (Lipinski definition) is 2. The van der Waals surface area contributed by atoms with E-state index in [1.54, 1.807) is 23.3 Å². The summed E-state index contributed by atoms with van der Waals surface area (Å²) in [5.41, 5.74) is 1.77. The van der Waals surface area contributed by atoms with Gasteiger partial charge in [0.25, 0.3) is 0 Å². The van der Waals surface area contributed by atoms with Crippen LogP contribution >= 0.6 is 0 Å². The van der Waals surface area contributed by atoms with Crippen LogP contribution in [-0.2, 0) is 13.1 Å². The van der Waals surface area contributed by atoms with E-state index >= 15 is 0 Å². The zero-order valence-corrected chi connectivity index (χ0v) is 10.3. The first-order valence-corrected chi connectivity index (χ1v) is 5.88. The summed E-state index contributed by atoms with van der Waals surface area (Å²) in [6, 6.07) is 1.84. The van der Waals surface area contributed by atoms with Gasteiger partial charge >= 0.3 is 0 Å². The van der Waals surface area contributed by atoms with E-state index in [1.165, 1.54) is 0 Å². The molecule has 2 rings (SSSR count). The lowest BCUT2D eigenvalue weighted by Gasteiger charge is -2.11. The molecule has 0 aliphatic carbocycles. The van der Waals surface area contributed by atoms with E-state index < -0.39 is 6.10 Å². The summed E-state index contributed by atoms with van der Waals surface area (Å²) in [5, 5.41) is 17.0. The van der Waals surface area contributed by atoms with Crippen molar-refractivity contribution in [3.63, 3.8) is 0 Å². The minimum Gasteiger partial charge on any atom is -0.390 e. The first-order valence-electron chi connectivity index (χ1n) is 5.88. The Kier molecular flexibility index (Phi) is 4.38. The second-order valence-electron chi connectivity index (χ2n) is 4.16. The van der Waals surface area contributed by atoms with Crippen LogP contribution in [0.5, 0.6) is 0 Å². The smallest absolute Gasteiger partial charge is 0.0860 e. The van der Waals surface area contributed by atoms with E-state index in [4.69, 9.17) is 0 Å². The van der Waals surface area contributed by atoms with Crippen LogP contribution < -0.4 is 5.32 Å². The van der Waals surface area contributed by atoms with Crippen molar-refractivity contribution in [3.8, 4) is 0 Å². The van der Waals surface area contributed by atoms with Gasteiger partial charge in [-0.1, -0.05) is 0 Å². The molecule has 0 bridgehead atoms. The number of aryl methyl sites for hydroxylation is 1. The molecule has 2 N–H and O–H groups in total. The van der Waals surface area contributed by atoms with E-state index in [0.717, 1.165) is 11.4 Å². The molecule has 0 fully saturated rings. The normalized spacial score (nSPS) is 12.6. The van der Waals surface area contributed by atoms with Crippen molar-refractivity contribution < 1.29 is 5.11 Å². The van der Waals surface area contributed by atoms with E-state index in [0.29, 0.717) is 19.6 Å². The maximum Gasteiger partial charge on any atom is 0.0860 e. The van der Waals surface area contributed by atoms with E-state index in [9.17, 15) is 5.11 Å². The Hall–Kier alpha value is -1.79. The van der Waals surface area contributed by atoms with Gasteiger partial charge in [0.15, 0.2) is 0 Å². The summed E-state index contributed by atoms with van der Waals surface area (Å²) in [5.74, 6) is 0. The second kappa shape index (κ2) is 6.23. The van der Waals surface area contributed by atoms with Crippen molar-refractivity contribution in [2.24, 2.45) is 0 Å². The fourth-order valence-electron chi connectivity index (χ4n) is 1.57. The topological polar surface area (TPSA) is 75.9 Å². The van der Waals surface area contributed by atoms with Gasteiger partial charge < -0.3 is 10.4 Å². The monoisotopic (exact) mass is 247 g/mol. The molecule has 6 nitrogen and oxygen atoms in total. The number of nitrogens with one attached hydrogen (secondary N) is 1. The highest BCUT2D eigenvalue weighted by atomic mass is 16.3. The molecular formula is C12H17N5O. The quantitative estimate of drug-likeness (QED) is 0.759. The summed E-state index contributed by atoms with van der Waals surface area (Å²) in [7, 11) is 0. The Morgan fingerprint density at radius 1 is 1.39 bits per heavy atom. The highest BCUT2D eigenvalue weighted by Gasteiger charge is 2.05. The Labute approximate surface area is 106 Å². The van der Waals surface area contributed by atoms with Crippen LogP contribution in [0.15, 0.2) is 30.9 Å². The SMILES string of the molecule is Cc1cnc(CNCC(O)Cn2cccn2)cn1. The Morgan fingerprint density at radius 2 is 2.28 bits per heavy atom. The first kappa shape index (κ1) is 12.7. The van der Waals surface area contributed by atoms with Gasteiger partial charge in [-0.05, 0) is 13.0 Å². The number of aliphatic hydroxyl groups is 1. The van der Waals surface area contributed by atoms with Crippen molar-refractivity contribution in [2.45, 2.75) is 26.1 Å². The van der Waals surface area contributed by atoms with Crippen LogP contribution in [0, 0.1) is 6.92 Å². The third kappa shape index (κ3) is 3.90. The molecule has 0 saturated heterocycles. The molecule has 1 atom stereocenters. The van der Waals surface area contributed by atoms with Gasteiger partial charge in [0.05, 0.1) is 24.0 Å². The van der Waals surface area contributed by atoms with Crippen molar-refractivity contribution in [2.75, 3.05) is 6.54 Å². The summed E-state index contributed by atoms with van der Waals surface area (Å²) in [6.45, 7) is 3.48. The molecule has 2 aromatic rings. The van der Waals surface area contributed by atoms with Gasteiger partial charge in [0.2, 0.25) is 0 Å². The maximum absolute atomic E-state index is 9.78. The molecule has 0 aliphatic rings. The second-order valence-corrected chi connectivity index (χ2v) is 4.16. The van der Waals surface area contributed by atoms with Crippen molar-refractivity contribution in [1.82, 2.24) is 25.1 Å². The summed E-state index contributed by atoms with van der Waals surface area (Å²) in [4.78, 5) is 8.39. The molecule has 0 aromatic carbocycles. The van der Waals surface area contributed by atoms with Gasteiger partial charge in [0.1, 0.15) is 0 Å². The molecule has 6 heteroatoms. The fourth-order valence-corrected chi connectivity index (χ4v) is 1.57. The first-order chi connectivity index (χ1) is 8.74. The maximum atomic E-state index is 9.78. The summed E-state index contributed by atoms with van der Waals surface area (Å²) < 4.78 is 1.71. The highest BCUT2D eigenvalue weighted by molar-refractivity contribution is 5.00. The summed E-state index contributed by atoms with van der Waals surface area (Å²) in [6.07, 6.45) is 6.53. The number of nitrogens with zero attached hydrogens (tertiary/aromatic N) is 4. The molecule has 0 aliphatic heterocycles. The molecule has 0 spiro atoms. The zero-order valence-electron chi connectivity index (χ0n) is 10.3. The van der Waals surface area contributed by atoms with E-state index in [2.05, 4.69) is 20.4 Å². The average molecular weight is 247 g/mol. The van der Waals surface area contributed by atoms with Crippen LogP contribution in [0.3, 0.4) is 0 Å². The molecule has 96 valence electrons. The van der Waals surface area contributed by atoms with Crippen LogP contribution in [0.25, 0.3) is 0 Å². The molecule has 0 radical (unpaired) electrons. The molecule has 2 heterocycles. The molecule has 0 amide bonds. The predicted molar refractivity (Wildman–Crippen MR) is 66.7 cm³/mol. The van der Waals surface area contributed by atoms with Gasteiger partial charge in [-0.3, -0.25) is 14.6 Å². The van der Waals surface area contributed by atoms with Crippen molar-refractivity contribution >= 4 is 0 Å². The Balaban J connectivity index is 1.70. The van der Waals surface area contributed by atoms with Crippen LogP contribution in [0.1, 0.15) is 11.4 Å². The molecule has 18 heavy (non-hydrogen) atoms. The number of hydrogen-bond acceptors (Lipinski definition) is 5. The van der Waals surface area contributed by atoms with Gasteiger partial charge in [-0.15, -0.1) is 0 Å². The summed E-state index contributed by atoms with van der Waals surface area (Å²) >= 11 is 0. The predicted octanol–water partition coefficient (Wildman–Crippen LogP) is 0.132. The van der Waals surface area contributed by atoms with Crippen molar-refractivity contribution in [1.29, 1.82) is 0 Å². The average Bonchev–Trinajstić information content (AvgIpc) is 2.84. The molecule has 1 unspecified atom stereocenters. The lowest BCUT2D eigenvalue weighted by Crippen LogP contribution is -2.30. The Bertz CT molecular complexity index is 454. The fraction of sp³-hybridized carbons (Fsp3) is 0.417. The van der Waals surface area contributed by atoms with E-state index in [1.807, 2.05) is 19.2 Å². The van der Waals surface area contributed by atoms with Crippen LogP contribution in [0.4, 0.5) is 0 Å². The minimum absolute atomic E-state index is 0.469. The third-order valence-electron chi connectivity index (χ3n) is 2.48. The lowest BCUT2D eigenvalue weighted by atomic mass is 10.3. The minimum atomic E-state index is -0.469. The zero-order chi connectivity index (χ0) is 12.8. The van der Waals surface area contributed by atoms with Gasteiger partial charge in [-0.25, -0.2) is 0 Å². The standard InChI is InChI=1S/C12H17N5O/c1-10-5-15-11(7-14-10)6-13-8-12(18)9-17-4-2-3-16-17/h2-5,7,12-13,18H,6,8-9H2,1H3. The van der Waals surface area contributed by atoms with Crippen LogP contribution in [-0.4, -0.2) is 37.5 Å². The Morgan fingerprint density at radius 3 is 2.94 bits per heavy atom. The number of rotatable bonds is 6. The molecule has 2 aromatic heterocycles. The third-order valence-corrected chi connectivity index (χ3v) is 2.48. The number of aromatic nitrogens is 4. The van der Waals surface area contributed by atoms with Gasteiger partial charge in [0, 0.05) is 37.9 Å². The van der Waals surface area contributed by atoms with Crippen LogP contribution in [0.2, 0.25) is 0 Å². The lowest BCUT2D eigenvalue weighted by molar-refractivity contribution is 0.146. The molecule has 0 saturated carbocycles. The molecular weight excluding hydrogens is 230 g/mol.